The lowest BCUT2D eigenvalue weighted by atomic mass is 10.0. The van der Waals surface area contributed by atoms with Gasteiger partial charge in [-0.05, 0) is 30.4 Å². The normalized spacial score (nSPS) is 28.2. The second-order valence-corrected chi connectivity index (χ2v) is 6.16. The van der Waals surface area contributed by atoms with E-state index in [9.17, 15) is 0 Å². The highest BCUT2D eigenvalue weighted by molar-refractivity contribution is 5.37. The molecule has 1 nitrogen and oxygen atoms in total. The van der Waals surface area contributed by atoms with Crippen LogP contribution in [0.2, 0.25) is 0 Å². The van der Waals surface area contributed by atoms with E-state index in [4.69, 9.17) is 0 Å². The predicted octanol–water partition coefficient (Wildman–Crippen LogP) is 2.54. The summed E-state index contributed by atoms with van der Waals surface area (Å²) in [4.78, 5) is 0. The molecule has 0 N–H and O–H groups in total. The summed E-state index contributed by atoms with van der Waals surface area (Å²) in [5.41, 5.74) is 3.94. The lowest BCUT2D eigenvalue weighted by molar-refractivity contribution is -0.835. The molecule has 0 radical (unpaired) electrons. The fourth-order valence-electron chi connectivity index (χ4n) is 4.40. The molecule has 16 heavy (non-hydrogen) atoms. The first kappa shape index (κ1) is 9.23. The Morgan fingerprint density at radius 1 is 0.875 bits per heavy atom. The van der Waals surface area contributed by atoms with Gasteiger partial charge in [-0.25, -0.2) is 0 Å². The molecule has 1 heteroatoms. The van der Waals surface area contributed by atoms with Gasteiger partial charge in [-0.3, -0.25) is 0 Å². The zero-order chi connectivity index (χ0) is 10.6. The molecule has 0 unspecified atom stereocenters. The molecule has 1 aliphatic carbocycles. The van der Waals surface area contributed by atoms with Gasteiger partial charge in [0.2, 0.25) is 0 Å². The minimum absolute atomic E-state index is 0.657. The second-order valence-electron chi connectivity index (χ2n) is 6.16. The standard InChI is InChI=1S/C15H20N/c1-4-8-16(9-5-1)12-15(16)10-13-6-2-3-7-14(13)11-15/h2-3,6-7H,1,4-5,8-12H2/q+1. The molecule has 2 heterocycles. The highest BCUT2D eigenvalue weighted by atomic mass is 15.5. The van der Waals surface area contributed by atoms with Gasteiger partial charge in [-0.15, -0.1) is 0 Å². The van der Waals surface area contributed by atoms with Crippen LogP contribution in [0.1, 0.15) is 30.4 Å². The van der Waals surface area contributed by atoms with Crippen LogP contribution in [0.4, 0.5) is 0 Å². The molecule has 84 valence electrons. The largest absolute Gasteiger partial charge is 0.308 e. The Bertz CT molecular complexity index is 404. The van der Waals surface area contributed by atoms with E-state index in [0.29, 0.717) is 5.54 Å². The van der Waals surface area contributed by atoms with Gasteiger partial charge in [0, 0.05) is 12.8 Å². The Labute approximate surface area is 97.7 Å². The topological polar surface area (TPSA) is 0 Å². The van der Waals surface area contributed by atoms with E-state index in [1.54, 1.807) is 11.1 Å². The second kappa shape index (κ2) is 2.89. The average molecular weight is 214 g/mol. The minimum atomic E-state index is 0.657. The molecule has 2 fully saturated rings. The molecule has 4 rings (SSSR count). The number of hydrogen-bond donors (Lipinski definition) is 0. The summed E-state index contributed by atoms with van der Waals surface area (Å²) in [6.07, 6.45) is 7.14. The molecule has 0 saturated carbocycles. The third-order valence-electron chi connectivity index (χ3n) is 5.33. The van der Waals surface area contributed by atoms with E-state index in [2.05, 4.69) is 24.3 Å². The van der Waals surface area contributed by atoms with E-state index >= 15 is 0 Å². The van der Waals surface area contributed by atoms with Crippen molar-refractivity contribution in [2.24, 2.45) is 0 Å². The Morgan fingerprint density at radius 3 is 2.12 bits per heavy atom. The van der Waals surface area contributed by atoms with Crippen LogP contribution >= 0.6 is 0 Å². The van der Waals surface area contributed by atoms with E-state index in [0.717, 1.165) is 0 Å². The lowest BCUT2D eigenvalue weighted by Crippen LogP contribution is -2.41. The maximum absolute atomic E-state index is 2.35. The number of hydrogen-bond acceptors (Lipinski definition) is 0. The molecule has 0 aromatic heterocycles. The average Bonchev–Trinajstić information content (AvgIpc) is 2.72. The van der Waals surface area contributed by atoms with Crippen molar-refractivity contribution in [2.45, 2.75) is 37.6 Å². The summed E-state index contributed by atoms with van der Waals surface area (Å²) < 4.78 is 1.47. The molecule has 1 aromatic carbocycles. The van der Waals surface area contributed by atoms with Crippen LogP contribution in [-0.4, -0.2) is 29.7 Å². The molecule has 3 aliphatic rings. The van der Waals surface area contributed by atoms with E-state index in [1.807, 2.05) is 0 Å². The van der Waals surface area contributed by atoms with Crippen LogP contribution in [0.5, 0.6) is 0 Å². The zero-order valence-electron chi connectivity index (χ0n) is 9.91. The Balaban J connectivity index is 1.65. The first-order valence-corrected chi connectivity index (χ1v) is 6.77. The van der Waals surface area contributed by atoms with Crippen molar-refractivity contribution in [2.75, 3.05) is 19.6 Å². The molecule has 0 bridgehead atoms. The van der Waals surface area contributed by atoms with Crippen LogP contribution in [0, 0.1) is 0 Å². The minimum Gasteiger partial charge on any atom is -0.308 e. The Kier molecular flexibility index (Phi) is 1.67. The first-order valence-electron chi connectivity index (χ1n) is 6.77. The van der Waals surface area contributed by atoms with Crippen molar-refractivity contribution in [1.82, 2.24) is 0 Å². The summed E-state index contributed by atoms with van der Waals surface area (Å²) in [5, 5.41) is 0. The van der Waals surface area contributed by atoms with E-state index < -0.39 is 0 Å². The van der Waals surface area contributed by atoms with Gasteiger partial charge in [-0.2, -0.15) is 0 Å². The summed E-state index contributed by atoms with van der Waals surface area (Å²) in [7, 11) is 0. The lowest BCUT2D eigenvalue weighted by Gasteiger charge is -2.28. The quantitative estimate of drug-likeness (QED) is 0.460. The molecule has 2 saturated heterocycles. The Morgan fingerprint density at radius 2 is 1.50 bits per heavy atom. The van der Waals surface area contributed by atoms with E-state index in [-0.39, 0.29) is 0 Å². The highest BCUT2D eigenvalue weighted by Gasteiger charge is 2.70. The van der Waals surface area contributed by atoms with Crippen molar-refractivity contribution in [3.05, 3.63) is 35.4 Å². The molecule has 2 aliphatic heterocycles. The third-order valence-corrected chi connectivity index (χ3v) is 5.33. The van der Waals surface area contributed by atoms with Crippen LogP contribution in [0.25, 0.3) is 0 Å². The zero-order valence-corrected chi connectivity index (χ0v) is 9.91. The molecule has 0 atom stereocenters. The molecular formula is C15H20N+. The van der Waals surface area contributed by atoms with Crippen LogP contribution in [0.15, 0.2) is 24.3 Å². The predicted molar refractivity (Wildman–Crippen MR) is 65.3 cm³/mol. The van der Waals surface area contributed by atoms with Gasteiger partial charge in [0.05, 0.1) is 13.1 Å². The van der Waals surface area contributed by atoms with Crippen molar-refractivity contribution in [1.29, 1.82) is 0 Å². The van der Waals surface area contributed by atoms with Gasteiger partial charge in [0.25, 0.3) is 0 Å². The van der Waals surface area contributed by atoms with Crippen molar-refractivity contribution in [3.63, 3.8) is 0 Å². The van der Waals surface area contributed by atoms with Gasteiger partial charge in [-0.1, -0.05) is 24.3 Å². The summed E-state index contributed by atoms with van der Waals surface area (Å²) >= 11 is 0. The van der Waals surface area contributed by atoms with Gasteiger partial charge in [0.15, 0.2) is 5.54 Å². The third kappa shape index (κ3) is 1.05. The van der Waals surface area contributed by atoms with E-state index in [1.165, 1.54) is 56.2 Å². The number of nitrogens with zero attached hydrogens (tertiary/aromatic N) is 1. The van der Waals surface area contributed by atoms with Gasteiger partial charge < -0.3 is 4.48 Å². The Hall–Kier alpha value is -0.820. The van der Waals surface area contributed by atoms with Gasteiger partial charge >= 0.3 is 0 Å². The summed E-state index contributed by atoms with van der Waals surface area (Å²) in [6.45, 7) is 4.41. The maximum Gasteiger partial charge on any atom is 0.157 e. The van der Waals surface area contributed by atoms with Crippen molar-refractivity contribution < 1.29 is 4.48 Å². The van der Waals surface area contributed by atoms with Crippen LogP contribution in [0.3, 0.4) is 0 Å². The smallest absolute Gasteiger partial charge is 0.157 e. The fourth-order valence-corrected chi connectivity index (χ4v) is 4.40. The molecule has 0 amide bonds. The number of quaternary nitrogens is 1. The van der Waals surface area contributed by atoms with Gasteiger partial charge in [0.1, 0.15) is 6.54 Å². The first-order chi connectivity index (χ1) is 7.84. The molecular weight excluding hydrogens is 194 g/mol. The number of rotatable bonds is 0. The summed E-state index contributed by atoms with van der Waals surface area (Å²) in [6, 6.07) is 9.12. The fraction of sp³-hybridized carbons (Fsp3) is 0.600. The van der Waals surface area contributed by atoms with Crippen molar-refractivity contribution >= 4 is 0 Å². The summed E-state index contributed by atoms with van der Waals surface area (Å²) in [5.74, 6) is 0. The van der Waals surface area contributed by atoms with Crippen LogP contribution in [-0.2, 0) is 12.8 Å². The van der Waals surface area contributed by atoms with Crippen molar-refractivity contribution in [3.8, 4) is 0 Å². The maximum atomic E-state index is 2.35. The number of benzene rings is 1. The highest BCUT2D eigenvalue weighted by Crippen LogP contribution is 2.53. The SMILES string of the molecule is c1ccc2c(c1)CC1(C2)C[N+]12CCCCC2. The molecule has 2 spiro atoms. The number of piperidine rings is 1. The number of fused-ring (bicyclic) bond motifs is 2. The monoisotopic (exact) mass is 214 g/mol. The molecule has 1 aromatic rings. The van der Waals surface area contributed by atoms with Crippen LogP contribution < -0.4 is 0 Å².